The third-order valence-electron chi connectivity index (χ3n) is 3.94. The Hall–Kier alpha value is -2.21. The predicted molar refractivity (Wildman–Crippen MR) is 90.8 cm³/mol. The molecule has 0 spiro atoms. The van der Waals surface area contributed by atoms with Crippen LogP contribution in [0.2, 0.25) is 0 Å². The minimum Gasteiger partial charge on any atom is -0.226 e. The first-order chi connectivity index (χ1) is 11.0. The van der Waals surface area contributed by atoms with E-state index < -0.39 is 20.5 Å². The molecule has 0 amide bonds. The molecule has 1 heterocycles. The van der Waals surface area contributed by atoms with Crippen molar-refractivity contribution in [3.63, 3.8) is 0 Å². The van der Waals surface area contributed by atoms with Crippen LogP contribution < -0.4 is 0 Å². The number of hydrogen-bond donors (Lipinski definition) is 0. The van der Waals surface area contributed by atoms with Crippen LogP contribution in [-0.2, 0) is 16.3 Å². The molecule has 0 N–H and O–H groups in total. The molecule has 1 unspecified atom stereocenters. The van der Waals surface area contributed by atoms with Crippen LogP contribution in [0.15, 0.2) is 54.6 Å². The van der Waals surface area contributed by atoms with Crippen molar-refractivity contribution in [2.75, 3.05) is 0 Å². The second-order valence-electron chi connectivity index (χ2n) is 5.80. The van der Waals surface area contributed by atoms with Crippen molar-refractivity contribution in [3.05, 3.63) is 60.2 Å². The van der Waals surface area contributed by atoms with E-state index in [4.69, 9.17) is 0 Å². The fourth-order valence-corrected chi connectivity index (χ4v) is 4.06. The van der Waals surface area contributed by atoms with Gasteiger partial charge in [-0.15, -0.1) is 5.10 Å². The van der Waals surface area contributed by atoms with Crippen molar-refractivity contribution in [2.45, 2.75) is 30.9 Å². The van der Waals surface area contributed by atoms with Crippen LogP contribution in [-0.4, -0.2) is 28.7 Å². The normalized spacial score (nSPS) is 13.5. The minimum absolute atomic E-state index is 0.370. The summed E-state index contributed by atoms with van der Waals surface area (Å²) in [4.78, 5) is 0. The topological polar surface area (TPSA) is 64.8 Å². The highest BCUT2D eigenvalue weighted by Crippen LogP contribution is 2.27. The molecule has 5 nitrogen and oxygen atoms in total. The summed E-state index contributed by atoms with van der Waals surface area (Å²) in [7, 11) is -3.39. The molecule has 0 aliphatic rings. The van der Waals surface area contributed by atoms with Gasteiger partial charge in [0.05, 0.1) is 10.8 Å². The maximum atomic E-state index is 12.9. The second-order valence-corrected chi connectivity index (χ2v) is 8.47. The summed E-state index contributed by atoms with van der Waals surface area (Å²) in [5.74, 6) is 0. The van der Waals surface area contributed by atoms with E-state index in [1.807, 2.05) is 54.6 Å². The highest BCUT2D eigenvalue weighted by atomic mass is 32.2. The number of nitrogens with zero attached hydrogens (tertiary/aromatic N) is 3. The lowest BCUT2D eigenvalue weighted by molar-refractivity contribution is 0.510. The number of sulfone groups is 1. The van der Waals surface area contributed by atoms with Gasteiger partial charge < -0.3 is 0 Å². The molecule has 0 aliphatic carbocycles. The van der Waals surface area contributed by atoms with Crippen molar-refractivity contribution in [1.29, 1.82) is 0 Å². The largest absolute Gasteiger partial charge is 0.226 e. The van der Waals surface area contributed by atoms with Crippen LogP contribution in [0.4, 0.5) is 0 Å². The van der Waals surface area contributed by atoms with Gasteiger partial charge in [-0.25, -0.2) is 13.1 Å². The molecule has 0 radical (unpaired) electrons. The predicted octanol–water partition coefficient (Wildman–Crippen LogP) is 3.00. The Morgan fingerprint density at radius 3 is 2.35 bits per heavy atom. The van der Waals surface area contributed by atoms with Crippen LogP contribution in [0.5, 0.6) is 0 Å². The van der Waals surface area contributed by atoms with Crippen molar-refractivity contribution in [3.8, 4) is 0 Å². The van der Waals surface area contributed by atoms with Crippen LogP contribution in [0, 0.1) is 0 Å². The van der Waals surface area contributed by atoms with Gasteiger partial charge in [0.2, 0.25) is 0 Å². The smallest absolute Gasteiger partial charge is 0.175 e. The molecule has 3 rings (SSSR count). The summed E-state index contributed by atoms with van der Waals surface area (Å²) in [6.07, 6.45) is 0.370. The van der Waals surface area contributed by atoms with Gasteiger partial charge in [-0.3, -0.25) is 0 Å². The van der Waals surface area contributed by atoms with Crippen LogP contribution in [0.25, 0.3) is 11.0 Å². The first-order valence-corrected chi connectivity index (χ1v) is 9.17. The first-order valence-electron chi connectivity index (χ1n) is 7.56. The Morgan fingerprint density at radius 1 is 1.00 bits per heavy atom. The Morgan fingerprint density at radius 2 is 1.65 bits per heavy atom. The molecule has 0 aliphatic heterocycles. The van der Waals surface area contributed by atoms with Gasteiger partial charge in [-0.2, -0.15) is 0 Å². The lowest BCUT2D eigenvalue weighted by atomic mass is 10.1. The van der Waals surface area contributed by atoms with Crippen molar-refractivity contribution in [2.24, 2.45) is 0 Å². The Bertz CT molecular complexity index is 902. The maximum absolute atomic E-state index is 12.9. The summed E-state index contributed by atoms with van der Waals surface area (Å²) in [6.45, 7) is 3.40. The van der Waals surface area contributed by atoms with E-state index in [1.165, 1.54) is 4.68 Å². The zero-order valence-corrected chi connectivity index (χ0v) is 13.9. The van der Waals surface area contributed by atoms with Gasteiger partial charge in [0.15, 0.2) is 15.2 Å². The molecule has 3 aromatic rings. The molecule has 120 valence electrons. The molecule has 0 fully saturated rings. The SMILES string of the molecule is CC(C)S(=O)(=O)C(Cc1ccccc1)n1nnc2ccccc21. The summed E-state index contributed by atoms with van der Waals surface area (Å²) in [6, 6.07) is 17.0. The van der Waals surface area contributed by atoms with Gasteiger partial charge in [-0.05, 0) is 31.5 Å². The number of fused-ring (bicyclic) bond motifs is 1. The Balaban J connectivity index is 2.12. The monoisotopic (exact) mass is 329 g/mol. The van der Waals surface area contributed by atoms with Crippen LogP contribution in [0.3, 0.4) is 0 Å². The fourth-order valence-electron chi connectivity index (χ4n) is 2.57. The molecule has 23 heavy (non-hydrogen) atoms. The Labute approximate surface area is 135 Å². The molecular weight excluding hydrogens is 310 g/mol. The van der Waals surface area contributed by atoms with E-state index in [0.29, 0.717) is 11.9 Å². The summed E-state index contributed by atoms with van der Waals surface area (Å²) < 4.78 is 27.3. The molecule has 2 aromatic carbocycles. The zero-order chi connectivity index (χ0) is 16.4. The van der Waals surface area contributed by atoms with Crippen molar-refractivity contribution < 1.29 is 8.42 Å². The molecular formula is C17H19N3O2S. The highest BCUT2D eigenvalue weighted by molar-refractivity contribution is 7.92. The van der Waals surface area contributed by atoms with Crippen LogP contribution >= 0.6 is 0 Å². The second kappa shape index (κ2) is 6.12. The van der Waals surface area contributed by atoms with Gasteiger partial charge >= 0.3 is 0 Å². The number of hydrogen-bond acceptors (Lipinski definition) is 4. The quantitative estimate of drug-likeness (QED) is 0.722. The van der Waals surface area contributed by atoms with E-state index in [2.05, 4.69) is 10.3 Å². The lowest BCUT2D eigenvalue weighted by Crippen LogP contribution is -2.29. The number of rotatable bonds is 5. The lowest BCUT2D eigenvalue weighted by Gasteiger charge is -2.21. The molecule has 0 bridgehead atoms. The number of aromatic nitrogens is 3. The summed E-state index contributed by atoms with van der Waals surface area (Å²) in [5.41, 5.74) is 2.39. The van der Waals surface area contributed by atoms with E-state index >= 15 is 0 Å². The minimum atomic E-state index is -3.39. The van der Waals surface area contributed by atoms with Crippen molar-refractivity contribution in [1.82, 2.24) is 15.0 Å². The van der Waals surface area contributed by atoms with Gasteiger partial charge in [0.25, 0.3) is 0 Å². The standard InChI is InChI=1S/C17H19N3O2S/c1-13(2)23(21,22)17(12-14-8-4-3-5-9-14)20-16-11-7-6-10-15(16)18-19-20/h3-11,13,17H,12H2,1-2H3. The van der Waals surface area contributed by atoms with Crippen molar-refractivity contribution >= 4 is 20.9 Å². The Kier molecular flexibility index (Phi) is 4.17. The van der Waals surface area contributed by atoms with E-state index in [9.17, 15) is 8.42 Å². The fraction of sp³-hybridized carbons (Fsp3) is 0.294. The third kappa shape index (κ3) is 2.99. The average molecular weight is 329 g/mol. The first kappa shape index (κ1) is 15.7. The molecule has 1 atom stereocenters. The average Bonchev–Trinajstić information content (AvgIpc) is 2.97. The summed E-state index contributed by atoms with van der Waals surface area (Å²) >= 11 is 0. The van der Waals surface area contributed by atoms with Gasteiger partial charge in [-0.1, -0.05) is 47.7 Å². The number of para-hydroxylation sites is 1. The van der Waals surface area contributed by atoms with Gasteiger partial charge in [0.1, 0.15) is 5.52 Å². The zero-order valence-electron chi connectivity index (χ0n) is 13.1. The van der Waals surface area contributed by atoms with E-state index in [0.717, 1.165) is 11.1 Å². The third-order valence-corrected chi connectivity index (χ3v) is 6.38. The number of benzene rings is 2. The highest BCUT2D eigenvalue weighted by Gasteiger charge is 2.32. The molecule has 1 aromatic heterocycles. The summed E-state index contributed by atoms with van der Waals surface area (Å²) in [5, 5.41) is 6.98. The molecule has 6 heteroatoms. The van der Waals surface area contributed by atoms with Gasteiger partial charge in [0, 0.05) is 6.42 Å². The molecule has 0 saturated carbocycles. The maximum Gasteiger partial charge on any atom is 0.175 e. The van der Waals surface area contributed by atoms with E-state index in [1.54, 1.807) is 13.8 Å². The van der Waals surface area contributed by atoms with E-state index in [-0.39, 0.29) is 0 Å². The molecule has 0 saturated heterocycles. The van der Waals surface area contributed by atoms with Crippen LogP contribution in [0.1, 0.15) is 24.8 Å².